The number of hydrogen-bond acceptors (Lipinski definition) is 2. The molecule has 1 amide bonds. The number of nitrogens with one attached hydrogen (secondary N) is 1. The van der Waals surface area contributed by atoms with Gasteiger partial charge in [-0.2, -0.15) is 0 Å². The molecule has 2 N–H and O–H groups in total. The Balaban J connectivity index is 2.52. The minimum absolute atomic E-state index is 0.00225. The number of aliphatic hydroxyl groups excluding tert-OH is 1. The number of carbonyl (C=O) groups is 1. The molecule has 3 heteroatoms. The lowest BCUT2D eigenvalue weighted by atomic mass is 10.1. The third-order valence-corrected chi connectivity index (χ3v) is 2.40. The van der Waals surface area contributed by atoms with Gasteiger partial charge in [-0.1, -0.05) is 31.0 Å². The molecular formula is C14H17NO2. The molecule has 0 aliphatic heterocycles. The van der Waals surface area contributed by atoms with Gasteiger partial charge in [-0.15, -0.1) is 0 Å². The summed E-state index contributed by atoms with van der Waals surface area (Å²) in [4.78, 5) is 11.5. The summed E-state index contributed by atoms with van der Waals surface area (Å²) in [6.45, 7) is 2.04. The van der Waals surface area contributed by atoms with Crippen LogP contribution in [0.15, 0.2) is 30.3 Å². The van der Waals surface area contributed by atoms with Gasteiger partial charge in [-0.3, -0.25) is 4.79 Å². The summed E-state index contributed by atoms with van der Waals surface area (Å²) in [6.07, 6.45) is 1.36. The average molecular weight is 231 g/mol. The zero-order chi connectivity index (χ0) is 12.5. The molecule has 0 radical (unpaired) electrons. The minimum atomic E-state index is -0.297. The summed E-state index contributed by atoms with van der Waals surface area (Å²) in [5.41, 5.74) is 0.817. The predicted octanol–water partition coefficient (Wildman–Crippen LogP) is 1.32. The molecule has 0 aliphatic rings. The van der Waals surface area contributed by atoms with Crippen LogP contribution in [-0.4, -0.2) is 23.7 Å². The Kier molecular flexibility index (Phi) is 5.84. The van der Waals surface area contributed by atoms with E-state index in [-0.39, 0.29) is 18.6 Å². The zero-order valence-corrected chi connectivity index (χ0v) is 9.94. The fraction of sp³-hybridized carbons (Fsp3) is 0.357. The normalized spacial score (nSPS) is 11.2. The van der Waals surface area contributed by atoms with E-state index in [1.54, 1.807) is 0 Å². The SMILES string of the molecule is CCC(CCO)NC(=O)C#Cc1ccccc1. The molecule has 0 saturated carbocycles. The molecule has 1 aromatic carbocycles. The van der Waals surface area contributed by atoms with Crippen LogP contribution in [0.2, 0.25) is 0 Å². The van der Waals surface area contributed by atoms with Gasteiger partial charge in [0.1, 0.15) is 0 Å². The van der Waals surface area contributed by atoms with E-state index in [0.29, 0.717) is 6.42 Å². The summed E-state index contributed by atoms with van der Waals surface area (Å²) in [7, 11) is 0. The van der Waals surface area contributed by atoms with Crippen LogP contribution in [0.1, 0.15) is 25.3 Å². The molecule has 0 saturated heterocycles. The van der Waals surface area contributed by atoms with Crippen molar-refractivity contribution in [3.05, 3.63) is 35.9 Å². The lowest BCUT2D eigenvalue weighted by Crippen LogP contribution is -2.34. The smallest absolute Gasteiger partial charge is 0.296 e. The summed E-state index contributed by atoms with van der Waals surface area (Å²) < 4.78 is 0. The van der Waals surface area contributed by atoms with Gasteiger partial charge in [0.25, 0.3) is 5.91 Å². The van der Waals surface area contributed by atoms with Crippen molar-refractivity contribution in [2.45, 2.75) is 25.8 Å². The number of aliphatic hydroxyl groups is 1. The van der Waals surface area contributed by atoms with E-state index >= 15 is 0 Å². The number of rotatable bonds is 4. The van der Waals surface area contributed by atoms with E-state index < -0.39 is 0 Å². The Hall–Kier alpha value is -1.79. The lowest BCUT2D eigenvalue weighted by molar-refractivity contribution is -0.116. The van der Waals surface area contributed by atoms with Gasteiger partial charge in [0.05, 0.1) is 0 Å². The first kappa shape index (κ1) is 13.3. The van der Waals surface area contributed by atoms with Gasteiger partial charge in [0, 0.05) is 24.1 Å². The molecule has 1 aromatic rings. The minimum Gasteiger partial charge on any atom is -0.396 e. The van der Waals surface area contributed by atoms with E-state index in [1.807, 2.05) is 37.3 Å². The summed E-state index contributed by atoms with van der Waals surface area (Å²) in [5.74, 6) is 5.03. The molecule has 3 nitrogen and oxygen atoms in total. The second kappa shape index (κ2) is 7.48. The molecule has 0 spiro atoms. The van der Waals surface area contributed by atoms with Crippen LogP contribution in [-0.2, 0) is 4.79 Å². The first-order valence-electron chi connectivity index (χ1n) is 5.74. The maximum absolute atomic E-state index is 11.5. The molecule has 0 bridgehead atoms. The average Bonchev–Trinajstić information content (AvgIpc) is 2.37. The van der Waals surface area contributed by atoms with E-state index in [0.717, 1.165) is 12.0 Å². The van der Waals surface area contributed by atoms with Crippen molar-refractivity contribution in [2.75, 3.05) is 6.61 Å². The fourth-order valence-corrected chi connectivity index (χ4v) is 1.41. The third kappa shape index (κ3) is 5.19. The molecule has 17 heavy (non-hydrogen) atoms. The van der Waals surface area contributed by atoms with E-state index in [4.69, 9.17) is 5.11 Å². The largest absolute Gasteiger partial charge is 0.396 e. The topological polar surface area (TPSA) is 49.3 Å². The van der Waals surface area contributed by atoms with Crippen LogP contribution in [0.3, 0.4) is 0 Å². The van der Waals surface area contributed by atoms with Crippen molar-refractivity contribution in [3.8, 4) is 11.8 Å². The maximum Gasteiger partial charge on any atom is 0.296 e. The zero-order valence-electron chi connectivity index (χ0n) is 9.94. The molecule has 0 heterocycles. The molecule has 1 atom stereocenters. The fourth-order valence-electron chi connectivity index (χ4n) is 1.41. The van der Waals surface area contributed by atoms with Crippen molar-refractivity contribution in [1.29, 1.82) is 0 Å². The third-order valence-electron chi connectivity index (χ3n) is 2.40. The highest BCUT2D eigenvalue weighted by atomic mass is 16.3. The molecular weight excluding hydrogens is 214 g/mol. The standard InChI is InChI=1S/C14H17NO2/c1-2-13(10-11-16)15-14(17)9-8-12-6-4-3-5-7-12/h3-7,13,16H,2,10-11H2,1H3,(H,15,17). The quantitative estimate of drug-likeness (QED) is 0.768. The predicted molar refractivity (Wildman–Crippen MR) is 67.2 cm³/mol. The van der Waals surface area contributed by atoms with Gasteiger partial charge in [-0.05, 0) is 25.0 Å². The van der Waals surface area contributed by atoms with Gasteiger partial charge < -0.3 is 10.4 Å². The summed E-state index contributed by atoms with van der Waals surface area (Å²) >= 11 is 0. The first-order chi connectivity index (χ1) is 8.26. The number of carbonyl (C=O) groups excluding carboxylic acids is 1. The van der Waals surface area contributed by atoms with Crippen molar-refractivity contribution in [1.82, 2.24) is 5.32 Å². The number of amides is 1. The second-order valence-electron chi connectivity index (χ2n) is 3.71. The van der Waals surface area contributed by atoms with Crippen LogP contribution in [0, 0.1) is 11.8 Å². The van der Waals surface area contributed by atoms with Gasteiger partial charge in [-0.25, -0.2) is 0 Å². The van der Waals surface area contributed by atoms with E-state index in [9.17, 15) is 4.79 Å². The molecule has 0 fully saturated rings. The highest BCUT2D eigenvalue weighted by Gasteiger charge is 2.07. The highest BCUT2D eigenvalue weighted by molar-refractivity contribution is 5.94. The highest BCUT2D eigenvalue weighted by Crippen LogP contribution is 1.97. The Morgan fingerprint density at radius 3 is 2.71 bits per heavy atom. The molecule has 90 valence electrons. The molecule has 1 unspecified atom stereocenters. The number of hydrogen-bond donors (Lipinski definition) is 2. The first-order valence-corrected chi connectivity index (χ1v) is 5.74. The van der Waals surface area contributed by atoms with Crippen LogP contribution >= 0.6 is 0 Å². The number of benzene rings is 1. The lowest BCUT2D eigenvalue weighted by Gasteiger charge is -2.12. The van der Waals surface area contributed by atoms with Gasteiger partial charge >= 0.3 is 0 Å². The Morgan fingerprint density at radius 2 is 2.12 bits per heavy atom. The molecule has 0 aliphatic carbocycles. The Bertz CT molecular complexity index is 403. The Morgan fingerprint density at radius 1 is 1.41 bits per heavy atom. The molecule has 1 rings (SSSR count). The summed E-state index contributed by atoms with van der Waals surface area (Å²) in [5, 5.41) is 11.6. The maximum atomic E-state index is 11.5. The van der Waals surface area contributed by atoms with Crippen LogP contribution in [0.5, 0.6) is 0 Å². The van der Waals surface area contributed by atoms with Crippen molar-refractivity contribution in [2.24, 2.45) is 0 Å². The van der Waals surface area contributed by atoms with Crippen LogP contribution in [0.25, 0.3) is 0 Å². The Labute approximate surface area is 102 Å². The van der Waals surface area contributed by atoms with Crippen LogP contribution in [0.4, 0.5) is 0 Å². The van der Waals surface area contributed by atoms with Gasteiger partial charge in [0.15, 0.2) is 0 Å². The molecule has 0 aromatic heterocycles. The van der Waals surface area contributed by atoms with Crippen molar-refractivity contribution < 1.29 is 9.90 Å². The summed E-state index contributed by atoms with van der Waals surface area (Å²) in [6, 6.07) is 9.36. The van der Waals surface area contributed by atoms with Gasteiger partial charge in [0.2, 0.25) is 0 Å². The van der Waals surface area contributed by atoms with E-state index in [1.165, 1.54) is 0 Å². The van der Waals surface area contributed by atoms with E-state index in [2.05, 4.69) is 17.2 Å². The second-order valence-corrected chi connectivity index (χ2v) is 3.71. The van der Waals surface area contributed by atoms with Crippen LogP contribution < -0.4 is 5.32 Å². The van der Waals surface area contributed by atoms with Crippen molar-refractivity contribution in [3.63, 3.8) is 0 Å². The monoisotopic (exact) mass is 231 g/mol. The van der Waals surface area contributed by atoms with Crippen molar-refractivity contribution >= 4 is 5.91 Å².